The molecule has 1 fully saturated rings. The number of sulfonamides is 1. The van der Waals surface area contributed by atoms with E-state index in [-0.39, 0.29) is 46.3 Å². The number of aromatic nitrogens is 3. The van der Waals surface area contributed by atoms with Crippen LogP contribution in [0.3, 0.4) is 0 Å². The number of nitrogens with one attached hydrogen (secondary N) is 1. The van der Waals surface area contributed by atoms with Crippen molar-refractivity contribution in [3.05, 3.63) is 94.8 Å². The number of hydrogen-bond acceptors (Lipinski definition) is 7. The van der Waals surface area contributed by atoms with Gasteiger partial charge in [-0.2, -0.15) is 4.98 Å². The number of pyridine rings is 1. The van der Waals surface area contributed by atoms with E-state index in [4.69, 9.17) is 9.72 Å². The third-order valence-corrected chi connectivity index (χ3v) is 10.6. The van der Waals surface area contributed by atoms with Crippen molar-refractivity contribution in [1.82, 2.24) is 19.9 Å². The number of carbonyl (C=O) groups is 1. The van der Waals surface area contributed by atoms with Crippen molar-refractivity contribution in [2.75, 3.05) is 11.3 Å². The average molecular weight is 668 g/mol. The van der Waals surface area contributed by atoms with E-state index in [2.05, 4.69) is 47.6 Å². The summed E-state index contributed by atoms with van der Waals surface area (Å²) in [6, 6.07) is 17.6. The molecule has 1 saturated carbocycles. The van der Waals surface area contributed by atoms with Gasteiger partial charge in [0.25, 0.3) is 15.9 Å². The number of aryl methyl sites for hydroxylation is 2. The maximum Gasteiger partial charge on any atom is 0.264 e. The van der Waals surface area contributed by atoms with Gasteiger partial charge in [-0.3, -0.25) is 9.78 Å². The van der Waals surface area contributed by atoms with Gasteiger partial charge in [0.1, 0.15) is 6.61 Å². The van der Waals surface area contributed by atoms with Gasteiger partial charge in [-0.25, -0.2) is 18.1 Å². The summed E-state index contributed by atoms with van der Waals surface area (Å²) in [6.07, 6.45) is 8.57. The molecule has 6 rings (SSSR count). The van der Waals surface area contributed by atoms with Crippen LogP contribution in [0.15, 0.2) is 71.8 Å². The molecule has 1 aliphatic heterocycles. The Labute approximate surface area is 284 Å². The van der Waals surface area contributed by atoms with E-state index in [1.807, 2.05) is 38.2 Å². The van der Waals surface area contributed by atoms with Gasteiger partial charge < -0.3 is 9.64 Å². The molecule has 0 radical (unpaired) electrons. The number of carbonyl (C=O) groups excluding carboxylic acids is 1. The highest BCUT2D eigenvalue weighted by atomic mass is 32.2. The molecule has 9 nitrogen and oxygen atoms in total. The number of ether oxygens (including phenoxy) is 1. The van der Waals surface area contributed by atoms with Crippen molar-refractivity contribution in [1.29, 1.82) is 0 Å². The van der Waals surface area contributed by atoms with Crippen LogP contribution in [0.4, 0.5) is 5.95 Å². The quantitative estimate of drug-likeness (QED) is 0.231. The highest BCUT2D eigenvalue weighted by Crippen LogP contribution is 2.33. The molecule has 48 heavy (non-hydrogen) atoms. The fourth-order valence-electron chi connectivity index (χ4n) is 6.91. The zero-order valence-corrected chi connectivity index (χ0v) is 29.3. The Morgan fingerprint density at radius 2 is 1.67 bits per heavy atom. The first-order valence-electron chi connectivity index (χ1n) is 16.8. The highest BCUT2D eigenvalue weighted by Gasteiger charge is 2.32. The van der Waals surface area contributed by atoms with Crippen LogP contribution in [-0.4, -0.2) is 46.8 Å². The number of benzene rings is 2. The molecule has 1 aliphatic carbocycles. The third kappa shape index (κ3) is 7.70. The van der Waals surface area contributed by atoms with Gasteiger partial charge in [0, 0.05) is 41.5 Å². The maximum absolute atomic E-state index is 14.4. The normalized spacial score (nSPS) is 18.6. The number of anilines is 1. The summed E-state index contributed by atoms with van der Waals surface area (Å²) in [5.41, 5.74) is 5.52. The Bertz CT molecular complexity index is 1880. The molecule has 0 unspecified atom stereocenters. The lowest BCUT2D eigenvalue weighted by atomic mass is 9.86. The molecular weight excluding hydrogens is 623 g/mol. The lowest BCUT2D eigenvalue weighted by molar-refractivity contribution is 0.0512. The topological polar surface area (TPSA) is 114 Å². The SMILES string of the molecule is Cc1cccc(C)c1-c1cc2nc(n1)NS(=O)(=O)c1cccc(c1)C(=O)N(Cc1ccc(C3CCCCC3)nc1)[C@H](CC(C)(C)C)CO2. The predicted octanol–water partition coefficient (Wildman–Crippen LogP) is 7.84. The van der Waals surface area contributed by atoms with Crippen LogP contribution in [0.2, 0.25) is 0 Å². The minimum absolute atomic E-state index is 0.0537. The first-order valence-corrected chi connectivity index (χ1v) is 18.3. The molecule has 1 N–H and O–H groups in total. The molecule has 2 aromatic heterocycles. The van der Waals surface area contributed by atoms with Gasteiger partial charge in [0.05, 0.1) is 16.6 Å². The molecule has 2 aromatic carbocycles. The predicted molar refractivity (Wildman–Crippen MR) is 187 cm³/mol. The molecule has 0 spiro atoms. The smallest absolute Gasteiger partial charge is 0.264 e. The summed E-state index contributed by atoms with van der Waals surface area (Å²) >= 11 is 0. The Kier molecular flexibility index (Phi) is 9.56. The standard InChI is InChI=1S/C38H45N5O4S/c1-25-11-9-12-26(2)35(25)33-20-34-41-37(40-33)42-48(45,46)31-16-10-15-29(19-31)36(44)43(30(24-47-34)21-38(3,4)5)23-27-17-18-32(39-22-27)28-13-7-6-8-14-28/h9-12,15-20,22,28,30H,6-8,13-14,21,23-24H2,1-5H3,(H,40,41,42)/t30-/m1/s1. The van der Waals surface area contributed by atoms with Gasteiger partial charge in [-0.15, -0.1) is 0 Å². The van der Waals surface area contributed by atoms with Crippen molar-refractivity contribution in [2.24, 2.45) is 5.41 Å². The first-order chi connectivity index (χ1) is 22.9. The molecule has 1 amide bonds. The molecule has 3 heterocycles. The monoisotopic (exact) mass is 667 g/mol. The molecular formula is C38H45N5O4S. The Balaban J connectivity index is 1.43. The van der Waals surface area contributed by atoms with Crippen molar-refractivity contribution in [3.63, 3.8) is 0 Å². The van der Waals surface area contributed by atoms with E-state index in [0.717, 1.165) is 40.8 Å². The van der Waals surface area contributed by atoms with E-state index in [1.165, 1.54) is 31.4 Å². The van der Waals surface area contributed by atoms with Gasteiger partial charge in [-0.05, 0) is 79.5 Å². The van der Waals surface area contributed by atoms with Crippen LogP contribution in [0.25, 0.3) is 11.3 Å². The lowest BCUT2D eigenvalue weighted by Crippen LogP contribution is -2.45. The Morgan fingerprint density at radius 3 is 2.35 bits per heavy atom. The van der Waals surface area contributed by atoms with E-state index < -0.39 is 10.0 Å². The molecule has 2 aliphatic rings. The maximum atomic E-state index is 14.4. The van der Waals surface area contributed by atoms with E-state index in [0.29, 0.717) is 24.6 Å². The Morgan fingerprint density at radius 1 is 0.938 bits per heavy atom. The van der Waals surface area contributed by atoms with Crippen LogP contribution >= 0.6 is 0 Å². The molecule has 10 heteroatoms. The second kappa shape index (κ2) is 13.7. The number of nitrogens with zero attached hydrogens (tertiary/aromatic N) is 4. The summed E-state index contributed by atoms with van der Waals surface area (Å²) in [5.74, 6) is 0.312. The molecule has 0 saturated heterocycles. The van der Waals surface area contributed by atoms with Crippen molar-refractivity contribution < 1.29 is 17.9 Å². The van der Waals surface area contributed by atoms with Crippen LogP contribution in [-0.2, 0) is 16.6 Å². The summed E-state index contributed by atoms with van der Waals surface area (Å²) in [4.78, 5) is 30.2. The van der Waals surface area contributed by atoms with Crippen molar-refractivity contribution in [3.8, 4) is 17.1 Å². The van der Waals surface area contributed by atoms with Crippen molar-refractivity contribution in [2.45, 2.75) is 96.5 Å². The van der Waals surface area contributed by atoms with Crippen molar-refractivity contribution >= 4 is 21.9 Å². The summed E-state index contributed by atoms with van der Waals surface area (Å²) in [5, 5.41) is 0. The number of hydrogen-bond donors (Lipinski definition) is 1. The first kappa shape index (κ1) is 33.6. The summed E-state index contributed by atoms with van der Waals surface area (Å²) < 4.78 is 36.3. The second-order valence-corrected chi connectivity index (χ2v) is 16.1. The fourth-order valence-corrected chi connectivity index (χ4v) is 7.90. The summed E-state index contributed by atoms with van der Waals surface area (Å²) in [6.45, 7) is 10.8. The molecule has 1 atom stereocenters. The third-order valence-electron chi connectivity index (χ3n) is 9.25. The van der Waals surface area contributed by atoms with E-state index >= 15 is 0 Å². The van der Waals surface area contributed by atoms with E-state index in [1.54, 1.807) is 23.1 Å². The fraction of sp³-hybridized carbons (Fsp3) is 0.421. The minimum Gasteiger partial charge on any atom is -0.475 e. The number of fused-ring (bicyclic) bond motifs is 4. The molecule has 252 valence electrons. The van der Waals surface area contributed by atoms with Gasteiger partial charge in [-0.1, -0.05) is 70.4 Å². The zero-order chi connectivity index (χ0) is 34.1. The number of amides is 1. The summed E-state index contributed by atoms with van der Waals surface area (Å²) in [7, 11) is -4.15. The van der Waals surface area contributed by atoms with E-state index in [9.17, 15) is 13.2 Å². The average Bonchev–Trinajstić information content (AvgIpc) is 3.05. The lowest BCUT2D eigenvalue weighted by Gasteiger charge is -2.36. The Hall–Kier alpha value is -4.31. The van der Waals surface area contributed by atoms with Crippen LogP contribution < -0.4 is 9.46 Å². The minimum atomic E-state index is -4.15. The van der Waals surface area contributed by atoms with Gasteiger partial charge in [0.2, 0.25) is 11.8 Å². The largest absolute Gasteiger partial charge is 0.475 e. The zero-order valence-electron chi connectivity index (χ0n) is 28.5. The highest BCUT2D eigenvalue weighted by molar-refractivity contribution is 7.92. The van der Waals surface area contributed by atoms with Gasteiger partial charge >= 0.3 is 0 Å². The molecule has 4 bridgehead atoms. The van der Waals surface area contributed by atoms with Crippen LogP contribution in [0, 0.1) is 19.3 Å². The second-order valence-electron chi connectivity index (χ2n) is 14.4. The van der Waals surface area contributed by atoms with Crippen LogP contribution in [0.5, 0.6) is 5.88 Å². The molecule has 4 aromatic rings. The van der Waals surface area contributed by atoms with Crippen LogP contribution in [0.1, 0.15) is 98.0 Å². The van der Waals surface area contributed by atoms with Gasteiger partial charge in [0.15, 0.2) is 0 Å². The number of rotatable bonds is 5.